The topological polar surface area (TPSA) is 42.1 Å². The van der Waals surface area contributed by atoms with E-state index in [1.54, 1.807) is 24.6 Å². The summed E-state index contributed by atoms with van der Waals surface area (Å²) in [5.74, 6) is 0.623. The minimum atomic E-state index is -0.0723. The highest BCUT2D eigenvalue weighted by Gasteiger charge is 2.05. The van der Waals surface area contributed by atoms with Crippen molar-refractivity contribution in [2.45, 2.75) is 0 Å². The molecule has 0 aliphatic rings. The van der Waals surface area contributed by atoms with E-state index in [1.807, 2.05) is 6.07 Å². The van der Waals surface area contributed by atoms with E-state index in [4.69, 9.17) is 16.3 Å². The number of ether oxygens (including phenoxy) is 1. The highest BCUT2D eigenvalue weighted by Crippen LogP contribution is 2.29. The summed E-state index contributed by atoms with van der Waals surface area (Å²) < 4.78 is 5.04. The Morgan fingerprint density at radius 1 is 1.47 bits per heavy atom. The van der Waals surface area contributed by atoms with Gasteiger partial charge in [-0.3, -0.25) is 4.79 Å². The van der Waals surface area contributed by atoms with Crippen LogP contribution in [0.15, 0.2) is 28.4 Å². The van der Waals surface area contributed by atoms with Crippen molar-refractivity contribution in [3.05, 3.63) is 38.3 Å². The first-order valence-corrected chi connectivity index (χ1v) is 5.48. The number of methoxy groups -OCH3 is 1. The number of hydrogen-bond acceptors (Lipinski definition) is 3. The van der Waals surface area contributed by atoms with Crippen LogP contribution in [-0.2, 0) is 0 Å². The van der Waals surface area contributed by atoms with Gasteiger partial charge in [-0.15, -0.1) is 0 Å². The van der Waals surface area contributed by atoms with Gasteiger partial charge in [0, 0.05) is 10.9 Å². The standard InChI is InChI=1S/C10H8ClNO2S/c1-14-9-3-2-6(4-7(9)11)8-5-15-10(13)12-8/h2-5H,1H3,(H,12,13). The monoisotopic (exact) mass is 241 g/mol. The van der Waals surface area contributed by atoms with Gasteiger partial charge in [-0.2, -0.15) is 0 Å². The SMILES string of the molecule is COc1ccc(-c2csc(=O)[nH]2)cc1Cl. The lowest BCUT2D eigenvalue weighted by Crippen LogP contribution is -1.92. The lowest BCUT2D eigenvalue weighted by Gasteiger charge is -2.04. The summed E-state index contributed by atoms with van der Waals surface area (Å²) in [5.41, 5.74) is 1.65. The third-order valence-corrected chi connectivity index (χ3v) is 2.95. The van der Waals surface area contributed by atoms with Gasteiger partial charge in [-0.25, -0.2) is 0 Å². The van der Waals surface area contributed by atoms with Gasteiger partial charge >= 0.3 is 4.87 Å². The predicted octanol–water partition coefficient (Wildman–Crippen LogP) is 2.77. The zero-order valence-electron chi connectivity index (χ0n) is 7.91. The maximum Gasteiger partial charge on any atom is 0.304 e. The van der Waals surface area contributed by atoms with Crippen molar-refractivity contribution in [2.24, 2.45) is 0 Å². The molecule has 0 aliphatic carbocycles. The average Bonchev–Trinajstić information content (AvgIpc) is 2.65. The average molecular weight is 242 g/mol. The summed E-state index contributed by atoms with van der Waals surface area (Å²) in [6.45, 7) is 0. The van der Waals surface area contributed by atoms with E-state index in [0.717, 1.165) is 22.6 Å². The summed E-state index contributed by atoms with van der Waals surface area (Å²) in [6, 6.07) is 5.38. The summed E-state index contributed by atoms with van der Waals surface area (Å²) in [6.07, 6.45) is 0. The Labute approximate surface area is 95.3 Å². The molecule has 0 fully saturated rings. The first kappa shape index (κ1) is 10.3. The molecule has 2 rings (SSSR count). The number of H-pyrrole nitrogens is 1. The van der Waals surface area contributed by atoms with Gasteiger partial charge < -0.3 is 9.72 Å². The predicted molar refractivity (Wildman–Crippen MR) is 61.9 cm³/mol. The third kappa shape index (κ3) is 2.06. The minimum Gasteiger partial charge on any atom is -0.495 e. The van der Waals surface area contributed by atoms with E-state index in [2.05, 4.69) is 4.98 Å². The van der Waals surface area contributed by atoms with Gasteiger partial charge in [-0.1, -0.05) is 22.9 Å². The Hall–Kier alpha value is -1.26. The fourth-order valence-electron chi connectivity index (χ4n) is 1.26. The molecule has 0 amide bonds. The Morgan fingerprint density at radius 3 is 2.80 bits per heavy atom. The molecule has 0 radical (unpaired) electrons. The second-order valence-electron chi connectivity index (χ2n) is 2.91. The van der Waals surface area contributed by atoms with Gasteiger partial charge in [0.05, 0.1) is 17.8 Å². The van der Waals surface area contributed by atoms with Crippen molar-refractivity contribution in [3.8, 4) is 17.0 Å². The van der Waals surface area contributed by atoms with Gasteiger partial charge in [0.2, 0.25) is 0 Å². The molecule has 1 heterocycles. The normalized spacial score (nSPS) is 10.3. The molecule has 0 saturated carbocycles. The molecule has 1 aromatic carbocycles. The zero-order chi connectivity index (χ0) is 10.8. The van der Waals surface area contributed by atoms with Crippen molar-refractivity contribution in [1.29, 1.82) is 0 Å². The van der Waals surface area contributed by atoms with Gasteiger partial charge in [0.1, 0.15) is 5.75 Å². The van der Waals surface area contributed by atoms with Crippen LogP contribution in [-0.4, -0.2) is 12.1 Å². The van der Waals surface area contributed by atoms with E-state index in [-0.39, 0.29) is 4.87 Å². The van der Waals surface area contributed by atoms with Crippen LogP contribution in [0.4, 0.5) is 0 Å². The molecular formula is C10H8ClNO2S. The largest absolute Gasteiger partial charge is 0.495 e. The number of benzene rings is 1. The van der Waals surface area contributed by atoms with Crippen LogP contribution >= 0.6 is 22.9 Å². The van der Waals surface area contributed by atoms with Crippen LogP contribution in [0.2, 0.25) is 5.02 Å². The highest BCUT2D eigenvalue weighted by atomic mass is 35.5. The maximum absolute atomic E-state index is 11.0. The number of thiazole rings is 1. The van der Waals surface area contributed by atoms with Crippen LogP contribution in [0.25, 0.3) is 11.3 Å². The molecule has 0 aliphatic heterocycles. The number of hydrogen-bond donors (Lipinski definition) is 1. The van der Waals surface area contributed by atoms with E-state index in [9.17, 15) is 4.79 Å². The number of aromatic amines is 1. The highest BCUT2D eigenvalue weighted by molar-refractivity contribution is 7.07. The van der Waals surface area contributed by atoms with Gasteiger partial charge in [-0.05, 0) is 18.2 Å². The van der Waals surface area contributed by atoms with Crippen LogP contribution < -0.4 is 9.61 Å². The summed E-state index contributed by atoms with van der Waals surface area (Å²) >= 11 is 7.10. The Kier molecular flexibility index (Phi) is 2.79. The summed E-state index contributed by atoms with van der Waals surface area (Å²) in [7, 11) is 1.56. The lowest BCUT2D eigenvalue weighted by atomic mass is 10.2. The Morgan fingerprint density at radius 2 is 2.27 bits per heavy atom. The Balaban J connectivity index is 2.46. The van der Waals surface area contributed by atoms with Crippen molar-refractivity contribution >= 4 is 22.9 Å². The molecule has 0 atom stereocenters. The Bertz CT molecular complexity index is 532. The van der Waals surface area contributed by atoms with Crippen molar-refractivity contribution in [1.82, 2.24) is 4.98 Å². The maximum atomic E-state index is 11.0. The second-order valence-corrected chi connectivity index (χ2v) is 4.16. The van der Waals surface area contributed by atoms with E-state index >= 15 is 0 Å². The van der Waals surface area contributed by atoms with E-state index < -0.39 is 0 Å². The first-order chi connectivity index (χ1) is 7.20. The lowest BCUT2D eigenvalue weighted by molar-refractivity contribution is 0.415. The molecule has 2 aromatic rings. The molecule has 1 aromatic heterocycles. The molecule has 78 valence electrons. The van der Waals surface area contributed by atoms with E-state index in [0.29, 0.717) is 10.8 Å². The van der Waals surface area contributed by atoms with Crippen molar-refractivity contribution < 1.29 is 4.74 Å². The van der Waals surface area contributed by atoms with Crippen molar-refractivity contribution in [2.75, 3.05) is 7.11 Å². The summed E-state index contributed by atoms with van der Waals surface area (Å²) in [5, 5.41) is 2.29. The van der Waals surface area contributed by atoms with Crippen molar-refractivity contribution in [3.63, 3.8) is 0 Å². The van der Waals surface area contributed by atoms with E-state index in [1.165, 1.54) is 0 Å². The van der Waals surface area contributed by atoms with Crippen LogP contribution in [0.5, 0.6) is 5.75 Å². The smallest absolute Gasteiger partial charge is 0.304 e. The molecule has 0 saturated heterocycles. The van der Waals surface area contributed by atoms with Crippen LogP contribution in [0, 0.1) is 0 Å². The second kappa shape index (κ2) is 4.08. The molecule has 0 bridgehead atoms. The van der Waals surface area contributed by atoms with Crippen LogP contribution in [0.1, 0.15) is 0 Å². The number of rotatable bonds is 2. The number of aromatic nitrogens is 1. The number of halogens is 1. The molecule has 1 N–H and O–H groups in total. The number of nitrogens with one attached hydrogen (secondary N) is 1. The van der Waals surface area contributed by atoms with Crippen LogP contribution in [0.3, 0.4) is 0 Å². The molecule has 0 unspecified atom stereocenters. The molecule has 0 spiro atoms. The molecular weight excluding hydrogens is 234 g/mol. The third-order valence-electron chi connectivity index (χ3n) is 1.98. The van der Waals surface area contributed by atoms with Gasteiger partial charge in [0.25, 0.3) is 0 Å². The zero-order valence-corrected chi connectivity index (χ0v) is 9.48. The minimum absolute atomic E-state index is 0.0723. The van der Waals surface area contributed by atoms with Gasteiger partial charge in [0.15, 0.2) is 0 Å². The first-order valence-electron chi connectivity index (χ1n) is 4.22. The fraction of sp³-hybridized carbons (Fsp3) is 0.100. The quantitative estimate of drug-likeness (QED) is 0.879. The molecule has 15 heavy (non-hydrogen) atoms. The summed E-state index contributed by atoms with van der Waals surface area (Å²) in [4.78, 5) is 13.6. The molecule has 5 heteroatoms. The molecule has 3 nitrogen and oxygen atoms in total. The fourth-order valence-corrected chi connectivity index (χ4v) is 2.10.